The highest BCUT2D eigenvalue weighted by Gasteiger charge is 2.51. The first-order chi connectivity index (χ1) is 14.9. The zero-order valence-electron chi connectivity index (χ0n) is 19.4. The third-order valence-corrected chi connectivity index (χ3v) is 5.95. The minimum atomic E-state index is -0.343. The average molecular weight is 443 g/mol. The van der Waals surface area contributed by atoms with Crippen LogP contribution in [-0.2, 0) is 9.53 Å². The van der Waals surface area contributed by atoms with Crippen molar-refractivity contribution in [2.24, 2.45) is 5.41 Å². The van der Waals surface area contributed by atoms with Gasteiger partial charge in [0.2, 0.25) is 5.95 Å². The number of nitrogens with one attached hydrogen (secondary N) is 2. The minimum absolute atomic E-state index is 0.0726. The van der Waals surface area contributed by atoms with Crippen LogP contribution in [0.5, 0.6) is 0 Å². The molecule has 6 nitrogen and oxygen atoms in total. The Morgan fingerprint density at radius 3 is 2.48 bits per heavy atom. The van der Waals surface area contributed by atoms with Gasteiger partial charge in [0.05, 0.1) is 11.5 Å². The molecule has 0 atom stereocenters. The third-order valence-electron chi connectivity index (χ3n) is 4.59. The Morgan fingerprint density at radius 1 is 1.23 bits per heavy atom. The number of esters is 1. The Kier molecular flexibility index (Phi) is 9.37. The van der Waals surface area contributed by atoms with Crippen LogP contribution in [0.15, 0.2) is 42.9 Å². The molecule has 0 radical (unpaired) electrons. The van der Waals surface area contributed by atoms with Crippen LogP contribution < -0.4 is 10.6 Å². The van der Waals surface area contributed by atoms with Gasteiger partial charge in [0, 0.05) is 42.0 Å². The summed E-state index contributed by atoms with van der Waals surface area (Å²) in [7, 11) is 1.88. The normalized spacial score (nSPS) is 14.4. The monoisotopic (exact) mass is 442 g/mol. The Hall–Kier alpha value is -2.54. The molecule has 0 unspecified atom stereocenters. The number of carbonyl (C=O) groups is 1. The lowest BCUT2D eigenvalue weighted by atomic mass is 10.1. The van der Waals surface area contributed by atoms with Gasteiger partial charge in [-0.1, -0.05) is 19.9 Å². The molecule has 2 N–H and O–H groups in total. The van der Waals surface area contributed by atoms with Crippen molar-refractivity contribution in [1.82, 2.24) is 15.3 Å². The van der Waals surface area contributed by atoms with E-state index in [0.29, 0.717) is 11.7 Å². The molecule has 2 aromatic rings. The second-order valence-corrected chi connectivity index (χ2v) is 8.62. The summed E-state index contributed by atoms with van der Waals surface area (Å²) in [5.74, 6) is 1.20. The maximum atomic E-state index is 12.5. The van der Waals surface area contributed by atoms with Gasteiger partial charge in [-0.2, -0.15) is 0 Å². The zero-order valence-corrected chi connectivity index (χ0v) is 20.2. The number of carbonyl (C=O) groups excluding carboxylic acids is 1. The Balaban J connectivity index is 0.00000166. The highest BCUT2D eigenvalue weighted by Crippen LogP contribution is 2.51. The van der Waals surface area contributed by atoms with Gasteiger partial charge in [-0.25, -0.2) is 9.97 Å². The van der Waals surface area contributed by atoms with Crippen molar-refractivity contribution in [3.05, 3.63) is 54.0 Å². The van der Waals surface area contributed by atoms with Crippen molar-refractivity contribution in [3.63, 3.8) is 0 Å². The van der Waals surface area contributed by atoms with Crippen LogP contribution in [0.1, 0.15) is 51.7 Å². The molecular weight excluding hydrogens is 408 g/mol. The fourth-order valence-electron chi connectivity index (χ4n) is 2.94. The molecule has 0 bridgehead atoms. The lowest BCUT2D eigenvalue weighted by Crippen LogP contribution is -2.24. The van der Waals surface area contributed by atoms with E-state index < -0.39 is 0 Å². The van der Waals surface area contributed by atoms with E-state index in [1.807, 2.05) is 40.9 Å². The molecule has 0 saturated heterocycles. The van der Waals surface area contributed by atoms with Crippen LogP contribution in [0.2, 0.25) is 0 Å². The predicted molar refractivity (Wildman–Crippen MR) is 130 cm³/mol. The van der Waals surface area contributed by atoms with E-state index >= 15 is 0 Å². The number of rotatable bonds is 9. The number of aromatic nitrogens is 2. The van der Waals surface area contributed by atoms with Crippen LogP contribution >= 0.6 is 11.8 Å². The fourth-order valence-corrected chi connectivity index (χ4v) is 4.27. The SMILES string of the molecule is CC.CN/C=C(\SCC1(C(=O)OC(C)C)CC1)c1cc(C)cc(Nc2ncccn2)c1. The van der Waals surface area contributed by atoms with Crippen LogP contribution in [0.3, 0.4) is 0 Å². The number of aryl methyl sites for hydroxylation is 1. The maximum absolute atomic E-state index is 12.5. The van der Waals surface area contributed by atoms with E-state index in [9.17, 15) is 4.79 Å². The first-order valence-corrected chi connectivity index (χ1v) is 11.8. The van der Waals surface area contributed by atoms with E-state index in [2.05, 4.69) is 45.7 Å². The molecule has 168 valence electrons. The van der Waals surface area contributed by atoms with Crippen molar-refractivity contribution < 1.29 is 9.53 Å². The summed E-state index contributed by atoms with van der Waals surface area (Å²) >= 11 is 1.69. The first kappa shape index (κ1) is 24.7. The number of ether oxygens (including phenoxy) is 1. The van der Waals surface area contributed by atoms with E-state index in [0.717, 1.165) is 34.6 Å². The summed E-state index contributed by atoms with van der Waals surface area (Å²) in [5.41, 5.74) is 2.79. The second-order valence-electron chi connectivity index (χ2n) is 7.61. The van der Waals surface area contributed by atoms with Gasteiger partial charge in [-0.15, -0.1) is 11.8 Å². The first-order valence-electron chi connectivity index (χ1n) is 10.8. The van der Waals surface area contributed by atoms with Crippen molar-refractivity contribution >= 4 is 34.3 Å². The smallest absolute Gasteiger partial charge is 0.313 e. The van der Waals surface area contributed by atoms with E-state index in [1.54, 1.807) is 30.2 Å². The summed E-state index contributed by atoms with van der Waals surface area (Å²) in [6.07, 6.45) is 7.10. The van der Waals surface area contributed by atoms with Crippen molar-refractivity contribution in [2.45, 2.75) is 53.6 Å². The van der Waals surface area contributed by atoms with Gasteiger partial charge in [-0.3, -0.25) is 4.79 Å². The largest absolute Gasteiger partial charge is 0.463 e. The number of hydrogen-bond acceptors (Lipinski definition) is 7. The quantitative estimate of drug-likeness (QED) is 0.494. The molecule has 0 amide bonds. The molecule has 0 spiro atoms. The van der Waals surface area contributed by atoms with Crippen LogP contribution in [0, 0.1) is 12.3 Å². The van der Waals surface area contributed by atoms with Crippen molar-refractivity contribution in [2.75, 3.05) is 18.1 Å². The lowest BCUT2D eigenvalue weighted by molar-refractivity contribution is -0.153. The molecule has 1 aromatic heterocycles. The molecule has 1 aliphatic carbocycles. The van der Waals surface area contributed by atoms with Crippen LogP contribution in [0.25, 0.3) is 4.91 Å². The second kappa shape index (κ2) is 11.7. The molecule has 0 aliphatic heterocycles. The van der Waals surface area contributed by atoms with E-state index in [-0.39, 0.29) is 17.5 Å². The number of thioether (sulfide) groups is 1. The average Bonchev–Trinajstić information content (AvgIpc) is 3.54. The summed E-state index contributed by atoms with van der Waals surface area (Å²) < 4.78 is 5.47. The Bertz CT molecular complexity index is 880. The molecule has 7 heteroatoms. The minimum Gasteiger partial charge on any atom is -0.463 e. The van der Waals surface area contributed by atoms with Gasteiger partial charge < -0.3 is 15.4 Å². The molecule has 1 heterocycles. The molecule has 31 heavy (non-hydrogen) atoms. The molecule has 3 rings (SSSR count). The van der Waals surface area contributed by atoms with E-state index in [1.165, 1.54) is 0 Å². The Labute approximate surface area is 190 Å². The standard InChI is InChI=1S/C22H28N4O2S.C2H6/c1-15(2)28-20(27)22(6-7-22)14-29-19(13-23-4)17-10-16(3)11-18(12-17)26-21-24-8-5-9-25-21;1-2/h5,8-13,15,23H,6-7,14H2,1-4H3,(H,24,25,26);1-2H3/b19-13-;. The van der Waals surface area contributed by atoms with Crippen LogP contribution in [0.4, 0.5) is 11.6 Å². The highest BCUT2D eigenvalue weighted by molar-refractivity contribution is 8.08. The maximum Gasteiger partial charge on any atom is 0.313 e. The van der Waals surface area contributed by atoms with E-state index in [4.69, 9.17) is 4.74 Å². The van der Waals surface area contributed by atoms with Gasteiger partial charge >= 0.3 is 5.97 Å². The van der Waals surface area contributed by atoms with Gasteiger partial charge in [0.25, 0.3) is 0 Å². The summed E-state index contributed by atoms with van der Waals surface area (Å²) in [6.45, 7) is 9.85. The summed E-state index contributed by atoms with van der Waals surface area (Å²) in [5, 5.41) is 6.38. The van der Waals surface area contributed by atoms with Gasteiger partial charge in [-0.05, 0) is 62.9 Å². The number of hydrogen-bond donors (Lipinski definition) is 2. The summed E-state index contributed by atoms with van der Waals surface area (Å²) in [4.78, 5) is 22.0. The third kappa shape index (κ3) is 7.28. The predicted octanol–water partition coefficient (Wildman–Crippen LogP) is 5.54. The molecule has 1 aromatic carbocycles. The highest BCUT2D eigenvalue weighted by atomic mass is 32.2. The zero-order chi connectivity index (χ0) is 22.9. The molecule has 1 aliphatic rings. The topological polar surface area (TPSA) is 76.1 Å². The van der Waals surface area contributed by atoms with Gasteiger partial charge in [0.1, 0.15) is 0 Å². The van der Waals surface area contributed by atoms with Crippen LogP contribution in [-0.4, -0.2) is 34.8 Å². The molecule has 1 fully saturated rings. The Morgan fingerprint density at radius 2 is 1.90 bits per heavy atom. The molecular formula is C24H34N4O2S. The fraction of sp³-hybridized carbons (Fsp3) is 0.458. The molecule has 1 saturated carbocycles. The number of nitrogens with zero attached hydrogens (tertiary/aromatic N) is 2. The summed E-state index contributed by atoms with van der Waals surface area (Å²) in [6, 6.07) is 8.06. The number of anilines is 2. The van der Waals surface area contributed by atoms with Crippen molar-refractivity contribution in [3.8, 4) is 0 Å². The van der Waals surface area contributed by atoms with Gasteiger partial charge in [0.15, 0.2) is 0 Å². The van der Waals surface area contributed by atoms with Crippen molar-refractivity contribution in [1.29, 1.82) is 0 Å². The lowest BCUT2D eigenvalue weighted by Gasteiger charge is -2.18. The number of benzene rings is 1.